The lowest BCUT2D eigenvalue weighted by Crippen LogP contribution is -2.13. The van der Waals surface area contributed by atoms with Crippen molar-refractivity contribution in [2.75, 3.05) is 4.72 Å². The Bertz CT molecular complexity index is 857. The zero-order valence-electron chi connectivity index (χ0n) is 10.6. The zero-order valence-corrected chi connectivity index (χ0v) is 13.0. The molecule has 0 saturated heterocycles. The van der Waals surface area contributed by atoms with E-state index in [9.17, 15) is 8.42 Å². The molecule has 0 radical (unpaired) electrons. The molecule has 0 atom stereocenters. The fourth-order valence-corrected chi connectivity index (χ4v) is 4.37. The maximum absolute atomic E-state index is 12.3. The Labute approximate surface area is 130 Å². The summed E-state index contributed by atoms with van der Waals surface area (Å²) >= 11 is 6.80. The molecule has 3 aromatic rings. The number of rotatable bonds is 4. The van der Waals surface area contributed by atoms with Gasteiger partial charge in [-0.05, 0) is 30.3 Å². The number of hydrogen-bond acceptors (Lipinski definition) is 4. The Balaban J connectivity index is 1.99. The number of nitrogens with one attached hydrogen (secondary N) is 1. The summed E-state index contributed by atoms with van der Waals surface area (Å²) < 4.78 is 29.5. The summed E-state index contributed by atoms with van der Waals surface area (Å²) in [7, 11) is -3.66. The van der Waals surface area contributed by atoms with Gasteiger partial charge >= 0.3 is 0 Å². The van der Waals surface area contributed by atoms with Gasteiger partial charge in [0.25, 0.3) is 10.0 Å². The van der Waals surface area contributed by atoms with Crippen molar-refractivity contribution in [2.45, 2.75) is 4.21 Å². The molecule has 2 aromatic heterocycles. The Hall–Kier alpha value is -1.83. The quantitative estimate of drug-likeness (QED) is 0.792. The molecule has 0 aliphatic heterocycles. The third-order valence-corrected chi connectivity index (χ3v) is 5.80. The van der Waals surface area contributed by atoms with Gasteiger partial charge < -0.3 is 0 Å². The first-order chi connectivity index (χ1) is 10.1. The van der Waals surface area contributed by atoms with Gasteiger partial charge in [0.1, 0.15) is 4.21 Å². The molecule has 1 aromatic carbocycles. The first-order valence-electron chi connectivity index (χ1n) is 5.93. The van der Waals surface area contributed by atoms with Crippen molar-refractivity contribution in [2.24, 2.45) is 0 Å². The number of para-hydroxylation sites is 2. The highest BCUT2D eigenvalue weighted by Crippen LogP contribution is 2.28. The van der Waals surface area contributed by atoms with Gasteiger partial charge in [0.2, 0.25) is 0 Å². The standard InChI is InChI=1S/C13H10ClN3O2S2/c14-12-6-7-13(20-12)21(18,19)16-10-4-1-2-5-11(10)17-9-3-8-15-17/h1-9,16H. The summed E-state index contributed by atoms with van der Waals surface area (Å²) in [4.78, 5) is 0. The van der Waals surface area contributed by atoms with Crippen LogP contribution in [0.1, 0.15) is 0 Å². The highest BCUT2D eigenvalue weighted by molar-refractivity contribution is 7.94. The maximum atomic E-state index is 12.3. The number of aromatic nitrogens is 2. The summed E-state index contributed by atoms with van der Waals surface area (Å²) in [6.07, 6.45) is 3.37. The number of hydrogen-bond donors (Lipinski definition) is 1. The van der Waals surface area contributed by atoms with Crippen molar-refractivity contribution in [3.63, 3.8) is 0 Å². The molecule has 0 unspecified atom stereocenters. The first-order valence-corrected chi connectivity index (χ1v) is 8.61. The average Bonchev–Trinajstić information content (AvgIpc) is 3.10. The molecule has 3 rings (SSSR count). The fourth-order valence-electron chi connectivity index (χ4n) is 1.81. The molecule has 2 heterocycles. The molecule has 0 spiro atoms. The summed E-state index contributed by atoms with van der Waals surface area (Å²) in [6.45, 7) is 0. The van der Waals surface area contributed by atoms with Crippen LogP contribution in [-0.2, 0) is 10.0 Å². The molecule has 0 fully saturated rings. The second kappa shape index (κ2) is 5.51. The Morgan fingerprint density at radius 1 is 1.14 bits per heavy atom. The second-order valence-corrected chi connectivity index (χ2v) is 7.76. The van der Waals surface area contributed by atoms with Crippen LogP contribution in [0, 0.1) is 0 Å². The van der Waals surface area contributed by atoms with Crippen molar-refractivity contribution in [1.29, 1.82) is 0 Å². The summed E-state index contributed by atoms with van der Waals surface area (Å²) in [5, 5.41) is 4.12. The number of benzene rings is 1. The smallest absolute Gasteiger partial charge is 0.271 e. The monoisotopic (exact) mass is 339 g/mol. The minimum absolute atomic E-state index is 0.169. The molecule has 5 nitrogen and oxygen atoms in total. The van der Waals surface area contributed by atoms with Crippen LogP contribution in [0.4, 0.5) is 5.69 Å². The lowest BCUT2D eigenvalue weighted by atomic mass is 10.3. The minimum Gasteiger partial charge on any atom is -0.277 e. The lowest BCUT2D eigenvalue weighted by Gasteiger charge is -2.11. The van der Waals surface area contributed by atoms with Crippen LogP contribution in [0.2, 0.25) is 4.34 Å². The van der Waals surface area contributed by atoms with Crippen LogP contribution in [0.15, 0.2) is 59.1 Å². The van der Waals surface area contributed by atoms with E-state index in [4.69, 9.17) is 11.6 Å². The van der Waals surface area contributed by atoms with Crippen molar-refractivity contribution in [3.05, 3.63) is 59.2 Å². The van der Waals surface area contributed by atoms with Gasteiger partial charge in [0.15, 0.2) is 0 Å². The third kappa shape index (κ3) is 2.94. The topological polar surface area (TPSA) is 64.0 Å². The predicted molar refractivity (Wildman–Crippen MR) is 83.7 cm³/mol. The molecular formula is C13H10ClN3O2S2. The van der Waals surface area contributed by atoms with E-state index in [1.165, 1.54) is 6.07 Å². The molecule has 0 aliphatic rings. The SMILES string of the molecule is O=S(=O)(Nc1ccccc1-n1cccn1)c1ccc(Cl)s1. The van der Waals surface area contributed by atoms with E-state index < -0.39 is 10.0 Å². The molecule has 8 heteroatoms. The zero-order chi connectivity index (χ0) is 14.9. The molecule has 21 heavy (non-hydrogen) atoms. The number of sulfonamides is 1. The molecule has 108 valence electrons. The van der Waals surface area contributed by atoms with Gasteiger partial charge in [-0.25, -0.2) is 13.1 Å². The maximum Gasteiger partial charge on any atom is 0.271 e. The van der Waals surface area contributed by atoms with E-state index >= 15 is 0 Å². The van der Waals surface area contributed by atoms with Crippen LogP contribution in [0.25, 0.3) is 5.69 Å². The van der Waals surface area contributed by atoms with Crippen LogP contribution in [0.5, 0.6) is 0 Å². The number of thiophene rings is 1. The van der Waals surface area contributed by atoms with E-state index in [2.05, 4.69) is 9.82 Å². The highest BCUT2D eigenvalue weighted by atomic mass is 35.5. The van der Waals surface area contributed by atoms with Crippen molar-refractivity contribution >= 4 is 38.6 Å². The van der Waals surface area contributed by atoms with Crippen molar-refractivity contribution in [1.82, 2.24) is 9.78 Å². The third-order valence-electron chi connectivity index (χ3n) is 2.71. The predicted octanol–water partition coefficient (Wildman–Crippen LogP) is 3.39. The van der Waals surface area contributed by atoms with E-state index in [1.807, 2.05) is 6.07 Å². The van der Waals surface area contributed by atoms with Gasteiger partial charge in [0.05, 0.1) is 15.7 Å². The van der Waals surface area contributed by atoms with Crippen LogP contribution in [0.3, 0.4) is 0 Å². The van der Waals surface area contributed by atoms with E-state index in [-0.39, 0.29) is 4.21 Å². The molecule has 1 N–H and O–H groups in total. The summed E-state index contributed by atoms with van der Waals surface area (Å²) in [5.41, 5.74) is 1.10. The first kappa shape index (κ1) is 14.1. The minimum atomic E-state index is -3.66. The summed E-state index contributed by atoms with van der Waals surface area (Å²) in [5.74, 6) is 0. The van der Waals surface area contributed by atoms with E-state index in [0.29, 0.717) is 15.7 Å². The largest absolute Gasteiger partial charge is 0.277 e. The van der Waals surface area contributed by atoms with Gasteiger partial charge in [0, 0.05) is 12.4 Å². The normalized spacial score (nSPS) is 11.5. The van der Waals surface area contributed by atoms with E-state index in [0.717, 1.165) is 11.3 Å². The number of halogens is 1. The van der Waals surface area contributed by atoms with Gasteiger partial charge in [-0.15, -0.1) is 11.3 Å². The Morgan fingerprint density at radius 3 is 2.62 bits per heavy atom. The molecule has 0 bridgehead atoms. The van der Waals surface area contributed by atoms with Gasteiger partial charge in [-0.1, -0.05) is 23.7 Å². The molecule has 0 aliphatic carbocycles. The molecular weight excluding hydrogens is 330 g/mol. The second-order valence-electron chi connectivity index (χ2n) is 4.13. The van der Waals surface area contributed by atoms with E-state index in [1.54, 1.807) is 47.4 Å². The summed E-state index contributed by atoms with van der Waals surface area (Å²) in [6, 6.07) is 11.8. The number of nitrogens with zero attached hydrogens (tertiary/aromatic N) is 2. The molecule has 0 saturated carbocycles. The van der Waals surface area contributed by atoms with Crippen molar-refractivity contribution in [3.8, 4) is 5.69 Å². The lowest BCUT2D eigenvalue weighted by molar-refractivity contribution is 0.603. The van der Waals surface area contributed by atoms with Gasteiger partial charge in [-0.2, -0.15) is 5.10 Å². The average molecular weight is 340 g/mol. The van der Waals surface area contributed by atoms with Crippen LogP contribution >= 0.6 is 22.9 Å². The fraction of sp³-hybridized carbons (Fsp3) is 0. The van der Waals surface area contributed by atoms with Crippen LogP contribution < -0.4 is 4.72 Å². The Morgan fingerprint density at radius 2 is 1.95 bits per heavy atom. The van der Waals surface area contributed by atoms with Gasteiger partial charge in [-0.3, -0.25) is 4.72 Å². The van der Waals surface area contributed by atoms with Crippen LogP contribution in [-0.4, -0.2) is 18.2 Å². The Kier molecular flexibility index (Phi) is 3.71. The highest BCUT2D eigenvalue weighted by Gasteiger charge is 2.18. The van der Waals surface area contributed by atoms with Crippen molar-refractivity contribution < 1.29 is 8.42 Å². The molecule has 0 amide bonds. The number of anilines is 1.